The number of aryl methyl sites for hydroxylation is 1. The van der Waals surface area contributed by atoms with Gasteiger partial charge >= 0.3 is 0 Å². The number of aromatic amines is 1. The van der Waals surface area contributed by atoms with Crippen LogP contribution in [0, 0.1) is 5.92 Å². The third-order valence-electron chi connectivity index (χ3n) is 3.22. The molecule has 2 aromatic heterocycles. The van der Waals surface area contributed by atoms with Crippen LogP contribution in [0.5, 0.6) is 0 Å². The fourth-order valence-corrected chi connectivity index (χ4v) is 2.11. The zero-order chi connectivity index (χ0) is 14.4. The van der Waals surface area contributed by atoms with Crippen molar-refractivity contribution >= 4 is 5.91 Å². The van der Waals surface area contributed by atoms with E-state index in [0.717, 1.165) is 11.1 Å². The van der Waals surface area contributed by atoms with Crippen molar-refractivity contribution in [2.45, 2.75) is 32.7 Å². The zero-order valence-corrected chi connectivity index (χ0v) is 11.8. The predicted octanol–water partition coefficient (Wildman–Crippen LogP) is 2.25. The van der Waals surface area contributed by atoms with Gasteiger partial charge in [-0.3, -0.25) is 14.9 Å². The Labute approximate surface area is 118 Å². The summed E-state index contributed by atoms with van der Waals surface area (Å²) >= 11 is 0. The minimum absolute atomic E-state index is 0.000509. The number of carbonyl (C=O) groups is 1. The molecule has 0 aliphatic rings. The Morgan fingerprint density at radius 1 is 1.40 bits per heavy atom. The summed E-state index contributed by atoms with van der Waals surface area (Å²) in [6.45, 7) is 4.18. The first-order valence-electron chi connectivity index (χ1n) is 6.83. The molecule has 0 saturated carbocycles. The van der Waals surface area contributed by atoms with Gasteiger partial charge in [-0.15, -0.1) is 0 Å². The zero-order valence-electron chi connectivity index (χ0n) is 11.8. The van der Waals surface area contributed by atoms with E-state index in [1.54, 1.807) is 18.6 Å². The number of aromatic nitrogens is 3. The molecule has 1 atom stereocenters. The highest BCUT2D eigenvalue weighted by atomic mass is 16.1. The number of amides is 1. The van der Waals surface area contributed by atoms with Crippen LogP contribution in [0.4, 0.5) is 0 Å². The van der Waals surface area contributed by atoms with E-state index in [0.29, 0.717) is 18.8 Å². The first kappa shape index (κ1) is 14.2. The Balaban J connectivity index is 1.93. The SMILES string of the molecule is CC(C)C(NC(=O)CCc1cn[nH]c1)c1cccnc1. The number of hydrogen-bond acceptors (Lipinski definition) is 3. The molecule has 0 aliphatic carbocycles. The highest BCUT2D eigenvalue weighted by Gasteiger charge is 2.18. The molecular weight excluding hydrogens is 252 g/mol. The van der Waals surface area contributed by atoms with Crippen LogP contribution >= 0.6 is 0 Å². The van der Waals surface area contributed by atoms with Crippen LogP contribution in [0.25, 0.3) is 0 Å². The van der Waals surface area contributed by atoms with E-state index < -0.39 is 0 Å². The Morgan fingerprint density at radius 3 is 2.85 bits per heavy atom. The quantitative estimate of drug-likeness (QED) is 0.847. The lowest BCUT2D eigenvalue weighted by atomic mass is 9.97. The van der Waals surface area contributed by atoms with Crippen LogP contribution in [-0.4, -0.2) is 21.1 Å². The van der Waals surface area contributed by atoms with Crippen molar-refractivity contribution in [2.75, 3.05) is 0 Å². The summed E-state index contributed by atoms with van der Waals surface area (Å²) in [5, 5.41) is 9.71. The van der Waals surface area contributed by atoms with Crippen molar-refractivity contribution in [1.82, 2.24) is 20.5 Å². The number of nitrogens with zero attached hydrogens (tertiary/aromatic N) is 2. The van der Waals surface area contributed by atoms with Crippen molar-refractivity contribution in [3.8, 4) is 0 Å². The lowest BCUT2D eigenvalue weighted by Crippen LogP contribution is -2.31. The van der Waals surface area contributed by atoms with Gasteiger partial charge in [0.15, 0.2) is 0 Å². The van der Waals surface area contributed by atoms with Crippen molar-refractivity contribution < 1.29 is 4.79 Å². The molecule has 20 heavy (non-hydrogen) atoms. The molecule has 0 saturated heterocycles. The summed E-state index contributed by atoms with van der Waals surface area (Å²) < 4.78 is 0. The minimum atomic E-state index is 0.000509. The first-order chi connectivity index (χ1) is 9.66. The average molecular weight is 272 g/mol. The number of carbonyl (C=O) groups excluding carboxylic acids is 1. The van der Waals surface area contributed by atoms with Crippen LogP contribution in [0.3, 0.4) is 0 Å². The number of nitrogens with one attached hydrogen (secondary N) is 2. The molecule has 5 heteroatoms. The molecule has 2 rings (SSSR count). The van der Waals surface area contributed by atoms with Crippen molar-refractivity contribution in [1.29, 1.82) is 0 Å². The summed E-state index contributed by atoms with van der Waals surface area (Å²) in [4.78, 5) is 16.2. The summed E-state index contributed by atoms with van der Waals surface area (Å²) in [6, 6.07) is 3.89. The second-order valence-electron chi connectivity index (χ2n) is 5.18. The van der Waals surface area contributed by atoms with E-state index in [9.17, 15) is 4.79 Å². The number of H-pyrrole nitrogens is 1. The van der Waals surface area contributed by atoms with Gasteiger partial charge in [0.1, 0.15) is 0 Å². The monoisotopic (exact) mass is 272 g/mol. The van der Waals surface area contributed by atoms with Gasteiger partial charge in [-0.2, -0.15) is 5.10 Å². The van der Waals surface area contributed by atoms with Gasteiger partial charge in [0.2, 0.25) is 5.91 Å². The predicted molar refractivity (Wildman–Crippen MR) is 76.9 cm³/mol. The molecule has 0 aromatic carbocycles. The van der Waals surface area contributed by atoms with Gasteiger partial charge in [-0.05, 0) is 29.5 Å². The van der Waals surface area contributed by atoms with Crippen molar-refractivity contribution in [3.05, 3.63) is 48.0 Å². The van der Waals surface area contributed by atoms with Gasteiger partial charge in [-0.1, -0.05) is 19.9 Å². The van der Waals surface area contributed by atoms with Gasteiger partial charge < -0.3 is 5.32 Å². The highest BCUT2D eigenvalue weighted by Crippen LogP contribution is 2.20. The maximum atomic E-state index is 12.1. The van der Waals surface area contributed by atoms with Gasteiger partial charge in [-0.25, -0.2) is 0 Å². The molecule has 1 amide bonds. The Hall–Kier alpha value is -2.17. The number of hydrogen-bond donors (Lipinski definition) is 2. The van der Waals surface area contributed by atoms with E-state index in [4.69, 9.17) is 0 Å². The fourth-order valence-electron chi connectivity index (χ4n) is 2.11. The second-order valence-corrected chi connectivity index (χ2v) is 5.18. The third-order valence-corrected chi connectivity index (χ3v) is 3.22. The average Bonchev–Trinajstić information content (AvgIpc) is 2.96. The topological polar surface area (TPSA) is 70.7 Å². The molecule has 2 aromatic rings. The molecule has 0 spiro atoms. The van der Waals surface area contributed by atoms with Crippen molar-refractivity contribution in [2.24, 2.45) is 5.92 Å². The van der Waals surface area contributed by atoms with Crippen LogP contribution in [0.1, 0.15) is 37.4 Å². The molecule has 5 nitrogen and oxygen atoms in total. The minimum Gasteiger partial charge on any atom is -0.349 e. The lowest BCUT2D eigenvalue weighted by molar-refractivity contribution is -0.122. The van der Waals surface area contributed by atoms with Gasteiger partial charge in [0.25, 0.3) is 0 Å². The summed E-state index contributed by atoms with van der Waals surface area (Å²) in [6.07, 6.45) is 8.26. The van der Waals surface area contributed by atoms with Gasteiger partial charge in [0, 0.05) is 25.0 Å². The van der Waals surface area contributed by atoms with Crippen LogP contribution in [0.15, 0.2) is 36.9 Å². The normalized spacial score (nSPS) is 12.3. The standard InChI is InChI=1S/C15H20N4O/c1-11(2)15(13-4-3-7-16-10-13)19-14(20)6-5-12-8-17-18-9-12/h3-4,7-11,15H,5-6H2,1-2H3,(H,17,18)(H,19,20). The smallest absolute Gasteiger partial charge is 0.220 e. The molecule has 0 aliphatic heterocycles. The maximum Gasteiger partial charge on any atom is 0.220 e. The highest BCUT2D eigenvalue weighted by molar-refractivity contribution is 5.76. The molecule has 1 unspecified atom stereocenters. The fraction of sp³-hybridized carbons (Fsp3) is 0.400. The summed E-state index contributed by atoms with van der Waals surface area (Å²) in [7, 11) is 0. The number of rotatable bonds is 6. The third kappa shape index (κ3) is 3.91. The van der Waals surface area contributed by atoms with E-state index in [1.165, 1.54) is 0 Å². The maximum absolute atomic E-state index is 12.1. The van der Waals surface area contributed by atoms with Crippen molar-refractivity contribution in [3.63, 3.8) is 0 Å². The van der Waals surface area contributed by atoms with E-state index in [2.05, 4.69) is 34.3 Å². The number of pyridine rings is 1. The molecule has 0 fully saturated rings. The van der Waals surface area contributed by atoms with E-state index >= 15 is 0 Å². The molecule has 2 heterocycles. The largest absolute Gasteiger partial charge is 0.349 e. The Kier molecular flexibility index (Phi) is 4.87. The lowest BCUT2D eigenvalue weighted by Gasteiger charge is -2.22. The molecule has 2 N–H and O–H groups in total. The molecule has 0 radical (unpaired) electrons. The van der Waals surface area contributed by atoms with E-state index in [1.807, 2.05) is 18.3 Å². The van der Waals surface area contributed by atoms with E-state index in [-0.39, 0.29) is 11.9 Å². The molecule has 0 bridgehead atoms. The first-order valence-corrected chi connectivity index (χ1v) is 6.83. The van der Waals surface area contributed by atoms with Crippen LogP contribution in [0.2, 0.25) is 0 Å². The summed E-state index contributed by atoms with van der Waals surface area (Å²) in [5.41, 5.74) is 2.08. The second kappa shape index (κ2) is 6.84. The molecular formula is C15H20N4O. The van der Waals surface area contributed by atoms with Gasteiger partial charge in [0.05, 0.1) is 12.2 Å². The van der Waals surface area contributed by atoms with Crippen LogP contribution in [-0.2, 0) is 11.2 Å². The van der Waals surface area contributed by atoms with Crippen LogP contribution < -0.4 is 5.32 Å². The Bertz CT molecular complexity index is 522. The summed E-state index contributed by atoms with van der Waals surface area (Å²) in [5.74, 6) is 0.367. The Morgan fingerprint density at radius 2 is 2.25 bits per heavy atom. The molecule has 106 valence electrons.